The summed E-state index contributed by atoms with van der Waals surface area (Å²) < 4.78 is 4.51. The van der Waals surface area contributed by atoms with Crippen molar-refractivity contribution in [3.63, 3.8) is 0 Å². The first-order valence-corrected chi connectivity index (χ1v) is 4.97. The van der Waals surface area contributed by atoms with Crippen molar-refractivity contribution in [1.82, 2.24) is 4.98 Å². The van der Waals surface area contributed by atoms with Crippen LogP contribution in [0.15, 0.2) is 5.51 Å². The number of carbonyl (C=O) groups is 1. The summed E-state index contributed by atoms with van der Waals surface area (Å²) in [5, 5.41) is 3.48. The summed E-state index contributed by atoms with van der Waals surface area (Å²) in [7, 11) is 1.35. The van der Waals surface area contributed by atoms with Crippen molar-refractivity contribution in [3.8, 4) is 0 Å². The van der Waals surface area contributed by atoms with E-state index in [1.807, 2.05) is 0 Å². The van der Waals surface area contributed by atoms with Gasteiger partial charge in [-0.1, -0.05) is 0 Å². The molecule has 5 heteroatoms. The number of hydrogen-bond donors (Lipinski definition) is 1. The molecule has 2 rings (SSSR count). The van der Waals surface area contributed by atoms with Crippen LogP contribution in [0, 0.1) is 0 Å². The van der Waals surface area contributed by atoms with E-state index in [0.717, 1.165) is 10.7 Å². The number of rotatable bonds is 2. The van der Waals surface area contributed by atoms with E-state index in [-0.39, 0.29) is 0 Å². The van der Waals surface area contributed by atoms with E-state index < -0.39 is 6.09 Å². The van der Waals surface area contributed by atoms with Gasteiger partial charge in [0.2, 0.25) is 0 Å². The number of nitrogens with one attached hydrogen (secondary N) is 1. The van der Waals surface area contributed by atoms with E-state index in [0.29, 0.717) is 5.92 Å². The summed E-state index contributed by atoms with van der Waals surface area (Å²) in [6, 6.07) is 0. The van der Waals surface area contributed by atoms with Crippen molar-refractivity contribution in [3.05, 3.63) is 11.2 Å². The number of aromatic nitrogens is 1. The molecule has 0 atom stereocenters. The minimum absolute atomic E-state index is 0.425. The van der Waals surface area contributed by atoms with Crippen LogP contribution in [0.3, 0.4) is 0 Å². The highest BCUT2D eigenvalue weighted by Crippen LogP contribution is 2.43. The minimum Gasteiger partial charge on any atom is -0.453 e. The van der Waals surface area contributed by atoms with Gasteiger partial charge in [-0.3, -0.25) is 5.32 Å². The molecule has 0 unspecified atom stereocenters. The number of ether oxygens (including phenoxy) is 1. The van der Waals surface area contributed by atoms with Gasteiger partial charge in [-0.2, -0.15) is 0 Å². The van der Waals surface area contributed by atoms with Gasteiger partial charge in [-0.15, -0.1) is 11.3 Å². The van der Waals surface area contributed by atoms with Crippen molar-refractivity contribution < 1.29 is 9.53 Å². The molecule has 1 saturated carbocycles. The van der Waals surface area contributed by atoms with E-state index in [4.69, 9.17) is 0 Å². The van der Waals surface area contributed by atoms with Crippen LogP contribution in [-0.2, 0) is 4.74 Å². The fourth-order valence-corrected chi connectivity index (χ4v) is 1.89. The molecule has 70 valence electrons. The molecular weight excluding hydrogens is 188 g/mol. The van der Waals surface area contributed by atoms with Gasteiger partial charge in [0.1, 0.15) is 5.00 Å². The average Bonchev–Trinajstić information content (AvgIpc) is 2.88. The molecule has 0 spiro atoms. The number of carbonyl (C=O) groups excluding carboxylic acids is 1. The zero-order valence-corrected chi connectivity index (χ0v) is 8.06. The fourth-order valence-electron chi connectivity index (χ4n) is 1.14. The van der Waals surface area contributed by atoms with Crippen LogP contribution in [0.1, 0.15) is 24.5 Å². The number of amides is 1. The molecule has 1 N–H and O–H groups in total. The van der Waals surface area contributed by atoms with Gasteiger partial charge in [0.15, 0.2) is 0 Å². The third kappa shape index (κ3) is 1.80. The number of thiazole rings is 1. The molecule has 1 aliphatic carbocycles. The van der Waals surface area contributed by atoms with Crippen LogP contribution < -0.4 is 5.32 Å². The molecule has 1 heterocycles. The first kappa shape index (κ1) is 8.50. The van der Waals surface area contributed by atoms with E-state index in [1.165, 1.54) is 31.3 Å². The molecule has 0 aromatic carbocycles. The minimum atomic E-state index is -0.425. The molecule has 1 aromatic rings. The highest BCUT2D eigenvalue weighted by atomic mass is 32.1. The summed E-state index contributed by atoms with van der Waals surface area (Å²) in [6.45, 7) is 0. The number of nitrogens with zero attached hydrogens (tertiary/aromatic N) is 1. The monoisotopic (exact) mass is 198 g/mol. The van der Waals surface area contributed by atoms with Gasteiger partial charge in [0.05, 0.1) is 18.3 Å². The van der Waals surface area contributed by atoms with Gasteiger partial charge in [0, 0.05) is 5.92 Å². The van der Waals surface area contributed by atoms with Crippen LogP contribution in [0.2, 0.25) is 0 Å². The van der Waals surface area contributed by atoms with E-state index in [1.54, 1.807) is 5.51 Å². The molecule has 0 aliphatic heterocycles. The highest BCUT2D eigenvalue weighted by molar-refractivity contribution is 7.14. The maximum Gasteiger partial charge on any atom is 0.412 e. The fraction of sp³-hybridized carbons (Fsp3) is 0.500. The van der Waals surface area contributed by atoms with Gasteiger partial charge >= 0.3 is 6.09 Å². The summed E-state index contributed by atoms with van der Waals surface area (Å²) >= 11 is 1.44. The Labute approximate surface area is 79.9 Å². The number of anilines is 1. The Hall–Kier alpha value is -1.10. The summed E-state index contributed by atoms with van der Waals surface area (Å²) in [6.07, 6.45) is 1.94. The summed E-state index contributed by atoms with van der Waals surface area (Å²) in [5.74, 6) is 0.554. The van der Waals surface area contributed by atoms with Crippen LogP contribution in [-0.4, -0.2) is 18.2 Å². The maximum absolute atomic E-state index is 10.9. The second-order valence-corrected chi connectivity index (χ2v) is 3.81. The van der Waals surface area contributed by atoms with Crippen molar-refractivity contribution in [2.75, 3.05) is 12.4 Å². The van der Waals surface area contributed by atoms with Crippen molar-refractivity contribution in [1.29, 1.82) is 0 Å². The van der Waals surface area contributed by atoms with Crippen LogP contribution in [0.25, 0.3) is 0 Å². The van der Waals surface area contributed by atoms with Crippen molar-refractivity contribution >= 4 is 22.4 Å². The van der Waals surface area contributed by atoms with E-state index in [9.17, 15) is 4.79 Å². The lowest BCUT2D eigenvalue weighted by atomic mass is 10.3. The normalized spacial score (nSPS) is 15.5. The molecular formula is C8H10N2O2S. The lowest BCUT2D eigenvalue weighted by Crippen LogP contribution is -2.10. The van der Waals surface area contributed by atoms with Crippen LogP contribution in [0.5, 0.6) is 0 Å². The molecule has 1 aromatic heterocycles. The van der Waals surface area contributed by atoms with Gasteiger partial charge < -0.3 is 4.74 Å². The molecule has 0 bridgehead atoms. The maximum atomic E-state index is 10.9. The molecule has 1 amide bonds. The van der Waals surface area contributed by atoms with Gasteiger partial charge in [-0.05, 0) is 12.8 Å². The van der Waals surface area contributed by atoms with Crippen molar-refractivity contribution in [2.45, 2.75) is 18.8 Å². The quantitative estimate of drug-likeness (QED) is 0.792. The average molecular weight is 198 g/mol. The lowest BCUT2D eigenvalue weighted by Gasteiger charge is -2.01. The standard InChI is InChI=1S/C8H10N2O2S/c1-12-8(11)10-7-6(5-2-3-5)9-4-13-7/h4-5H,2-3H2,1H3,(H,10,11). The SMILES string of the molecule is COC(=O)Nc1scnc1C1CC1. The van der Waals surface area contributed by atoms with E-state index >= 15 is 0 Å². The zero-order chi connectivity index (χ0) is 9.26. The molecule has 0 saturated heterocycles. The Kier molecular flexibility index (Phi) is 2.18. The molecule has 4 nitrogen and oxygen atoms in total. The second kappa shape index (κ2) is 3.33. The van der Waals surface area contributed by atoms with Crippen LogP contribution >= 0.6 is 11.3 Å². The third-order valence-electron chi connectivity index (χ3n) is 1.96. The summed E-state index contributed by atoms with van der Waals surface area (Å²) in [5.41, 5.74) is 2.76. The second-order valence-electron chi connectivity index (χ2n) is 2.96. The highest BCUT2D eigenvalue weighted by Gasteiger charge is 2.29. The molecule has 1 fully saturated rings. The zero-order valence-electron chi connectivity index (χ0n) is 7.24. The molecule has 0 radical (unpaired) electrons. The smallest absolute Gasteiger partial charge is 0.412 e. The Morgan fingerprint density at radius 2 is 2.54 bits per heavy atom. The predicted octanol–water partition coefficient (Wildman–Crippen LogP) is 2.20. The van der Waals surface area contributed by atoms with Crippen LogP contribution in [0.4, 0.5) is 9.80 Å². The van der Waals surface area contributed by atoms with Crippen molar-refractivity contribution in [2.24, 2.45) is 0 Å². The largest absolute Gasteiger partial charge is 0.453 e. The first-order chi connectivity index (χ1) is 6.31. The summed E-state index contributed by atoms with van der Waals surface area (Å²) in [4.78, 5) is 15.1. The molecule has 1 aliphatic rings. The number of methoxy groups -OCH3 is 1. The third-order valence-corrected chi connectivity index (χ3v) is 2.72. The Bertz CT molecular complexity index is 320. The Morgan fingerprint density at radius 3 is 3.15 bits per heavy atom. The van der Waals surface area contributed by atoms with E-state index in [2.05, 4.69) is 15.0 Å². The topological polar surface area (TPSA) is 51.2 Å². The predicted molar refractivity (Wildman–Crippen MR) is 50.1 cm³/mol. The van der Waals surface area contributed by atoms with Gasteiger partial charge in [0.25, 0.3) is 0 Å². The lowest BCUT2D eigenvalue weighted by molar-refractivity contribution is 0.187. The Balaban J connectivity index is 2.10. The number of hydrogen-bond acceptors (Lipinski definition) is 4. The molecule has 13 heavy (non-hydrogen) atoms. The van der Waals surface area contributed by atoms with Gasteiger partial charge in [-0.25, -0.2) is 9.78 Å². The first-order valence-electron chi connectivity index (χ1n) is 4.09. The Morgan fingerprint density at radius 1 is 1.77 bits per heavy atom.